The van der Waals surface area contributed by atoms with E-state index in [2.05, 4.69) is 4.98 Å². The number of pyridine rings is 2. The summed E-state index contributed by atoms with van der Waals surface area (Å²) in [6, 6.07) is 11.8. The third kappa shape index (κ3) is 5.67. The van der Waals surface area contributed by atoms with Crippen molar-refractivity contribution in [3.63, 3.8) is 0 Å². The van der Waals surface area contributed by atoms with E-state index in [-0.39, 0.29) is 17.9 Å². The number of rotatable bonds is 7. The Hall–Kier alpha value is -4.24. The van der Waals surface area contributed by atoms with Gasteiger partial charge in [-0.25, -0.2) is 9.18 Å². The normalized spacial score (nSPS) is 13.9. The van der Waals surface area contributed by atoms with Crippen molar-refractivity contribution in [2.75, 3.05) is 6.61 Å². The standard InChI is InChI=1S/C32H33FN2O6/c1-18-22-7-6-14-39-26(22)13-12-23(18)27-24-11-10-21(40-17-20-9-8-19(33)16-34-20)15-25(24)30(36)35(5)28(27)29(31(37)38)41-32(2,3)4/h8-13,15-16,29H,6-7,14,17H2,1-5H3,(H,37,38). The van der Waals surface area contributed by atoms with Gasteiger partial charge in [-0.05, 0) is 99.0 Å². The van der Waals surface area contributed by atoms with Gasteiger partial charge in [0.25, 0.3) is 5.56 Å². The van der Waals surface area contributed by atoms with Crippen molar-refractivity contribution < 1.29 is 28.5 Å². The summed E-state index contributed by atoms with van der Waals surface area (Å²) >= 11 is 0. The molecule has 1 unspecified atom stereocenters. The summed E-state index contributed by atoms with van der Waals surface area (Å²) in [4.78, 5) is 30.5. The molecule has 0 saturated carbocycles. The molecule has 1 aliphatic heterocycles. The zero-order valence-electron chi connectivity index (χ0n) is 23.8. The molecule has 41 heavy (non-hydrogen) atoms. The third-order valence-corrected chi connectivity index (χ3v) is 7.19. The second kappa shape index (κ2) is 11.0. The lowest BCUT2D eigenvalue weighted by molar-refractivity contribution is -0.161. The van der Waals surface area contributed by atoms with E-state index in [1.165, 1.54) is 16.7 Å². The molecule has 0 amide bonds. The van der Waals surface area contributed by atoms with Gasteiger partial charge < -0.3 is 23.9 Å². The number of aromatic nitrogens is 2. The van der Waals surface area contributed by atoms with Gasteiger partial charge in [-0.15, -0.1) is 0 Å². The van der Waals surface area contributed by atoms with Crippen molar-refractivity contribution in [2.45, 2.75) is 58.8 Å². The first-order valence-electron chi connectivity index (χ1n) is 13.5. The van der Waals surface area contributed by atoms with Crippen LogP contribution in [0.15, 0.2) is 53.5 Å². The lowest BCUT2D eigenvalue weighted by Crippen LogP contribution is -2.33. The number of hydrogen-bond donors (Lipinski definition) is 1. The molecule has 9 heteroatoms. The molecule has 0 spiro atoms. The summed E-state index contributed by atoms with van der Waals surface area (Å²) in [5, 5.41) is 11.3. The number of aliphatic carboxylic acids is 1. The van der Waals surface area contributed by atoms with E-state index >= 15 is 0 Å². The van der Waals surface area contributed by atoms with Crippen LogP contribution in [-0.2, 0) is 29.6 Å². The van der Waals surface area contributed by atoms with Crippen LogP contribution in [0, 0.1) is 12.7 Å². The van der Waals surface area contributed by atoms with Crippen molar-refractivity contribution in [3.05, 3.63) is 87.3 Å². The number of ether oxygens (including phenoxy) is 3. The fourth-order valence-electron chi connectivity index (χ4n) is 5.30. The quantitative estimate of drug-likeness (QED) is 0.301. The molecule has 1 aliphatic rings. The van der Waals surface area contributed by atoms with Crippen LogP contribution in [0.4, 0.5) is 4.39 Å². The Morgan fingerprint density at radius 2 is 1.95 bits per heavy atom. The van der Waals surface area contributed by atoms with Crippen LogP contribution in [0.25, 0.3) is 21.9 Å². The monoisotopic (exact) mass is 560 g/mol. The van der Waals surface area contributed by atoms with Gasteiger partial charge in [0.15, 0.2) is 6.10 Å². The van der Waals surface area contributed by atoms with Crippen molar-refractivity contribution in [2.24, 2.45) is 7.05 Å². The maximum Gasteiger partial charge on any atom is 0.339 e. The number of nitrogens with zero attached hydrogens (tertiary/aromatic N) is 2. The Balaban J connectivity index is 1.73. The Labute approximate surface area is 237 Å². The molecule has 5 rings (SSSR count). The van der Waals surface area contributed by atoms with Gasteiger partial charge in [0.1, 0.15) is 23.9 Å². The minimum Gasteiger partial charge on any atom is -0.493 e. The number of halogens is 1. The molecule has 1 atom stereocenters. The Bertz CT molecular complexity index is 1690. The molecular weight excluding hydrogens is 527 g/mol. The number of carboxylic acids is 1. The van der Waals surface area contributed by atoms with E-state index in [0.29, 0.717) is 34.4 Å². The van der Waals surface area contributed by atoms with Crippen LogP contribution in [0.1, 0.15) is 55.8 Å². The Morgan fingerprint density at radius 3 is 2.63 bits per heavy atom. The van der Waals surface area contributed by atoms with E-state index in [9.17, 15) is 19.1 Å². The van der Waals surface area contributed by atoms with E-state index in [1.807, 2.05) is 19.1 Å². The van der Waals surface area contributed by atoms with E-state index < -0.39 is 23.5 Å². The van der Waals surface area contributed by atoms with Gasteiger partial charge in [0.05, 0.1) is 35.2 Å². The molecule has 4 aromatic rings. The van der Waals surface area contributed by atoms with Gasteiger partial charge in [-0.3, -0.25) is 9.78 Å². The van der Waals surface area contributed by atoms with Crippen LogP contribution in [0.2, 0.25) is 0 Å². The molecule has 0 saturated heterocycles. The van der Waals surface area contributed by atoms with Crippen molar-refractivity contribution in [3.8, 4) is 22.6 Å². The predicted octanol–water partition coefficient (Wildman–Crippen LogP) is 5.89. The first kappa shape index (κ1) is 28.3. The number of fused-ring (bicyclic) bond motifs is 2. The smallest absolute Gasteiger partial charge is 0.339 e. The maximum atomic E-state index is 13.8. The third-order valence-electron chi connectivity index (χ3n) is 7.19. The average molecular weight is 561 g/mol. The fourth-order valence-corrected chi connectivity index (χ4v) is 5.30. The van der Waals surface area contributed by atoms with Crippen molar-refractivity contribution >= 4 is 16.7 Å². The highest BCUT2D eigenvalue weighted by molar-refractivity contribution is 6.00. The second-order valence-corrected chi connectivity index (χ2v) is 11.2. The molecule has 2 aromatic carbocycles. The zero-order chi connectivity index (χ0) is 29.5. The summed E-state index contributed by atoms with van der Waals surface area (Å²) in [7, 11) is 1.56. The van der Waals surface area contributed by atoms with Gasteiger partial charge in [0, 0.05) is 12.6 Å². The van der Waals surface area contributed by atoms with Crippen LogP contribution in [0.5, 0.6) is 11.5 Å². The van der Waals surface area contributed by atoms with E-state index in [4.69, 9.17) is 14.2 Å². The molecule has 0 radical (unpaired) electrons. The molecule has 1 N–H and O–H groups in total. The first-order chi connectivity index (χ1) is 19.4. The SMILES string of the molecule is Cc1c(-c2c(C(OC(C)(C)C)C(=O)O)n(C)c(=O)c3cc(OCc4ccc(F)cn4)ccc23)ccc2c1CCCO2. The van der Waals surface area contributed by atoms with Gasteiger partial charge >= 0.3 is 5.97 Å². The van der Waals surface area contributed by atoms with Crippen LogP contribution < -0.4 is 15.0 Å². The summed E-state index contributed by atoms with van der Waals surface area (Å²) in [5.41, 5.74) is 3.06. The molecule has 0 fully saturated rings. The van der Waals surface area contributed by atoms with Gasteiger partial charge in [0.2, 0.25) is 0 Å². The first-order valence-corrected chi connectivity index (χ1v) is 13.5. The Kier molecular flexibility index (Phi) is 7.57. The summed E-state index contributed by atoms with van der Waals surface area (Å²) < 4.78 is 32.4. The van der Waals surface area contributed by atoms with E-state index in [1.54, 1.807) is 46.0 Å². The average Bonchev–Trinajstić information content (AvgIpc) is 2.93. The van der Waals surface area contributed by atoms with Crippen LogP contribution >= 0.6 is 0 Å². The number of benzene rings is 2. The molecular formula is C32H33FN2O6. The van der Waals surface area contributed by atoms with Gasteiger partial charge in [-0.1, -0.05) is 6.07 Å². The van der Waals surface area contributed by atoms with E-state index in [0.717, 1.165) is 41.5 Å². The minimum absolute atomic E-state index is 0.0848. The highest BCUT2D eigenvalue weighted by Gasteiger charge is 2.34. The molecule has 0 bridgehead atoms. The van der Waals surface area contributed by atoms with Crippen molar-refractivity contribution in [1.29, 1.82) is 0 Å². The number of hydrogen-bond acceptors (Lipinski definition) is 6. The molecule has 8 nitrogen and oxygen atoms in total. The topological polar surface area (TPSA) is 99.9 Å². The zero-order valence-corrected chi connectivity index (χ0v) is 23.8. The summed E-state index contributed by atoms with van der Waals surface area (Å²) in [6.45, 7) is 8.07. The minimum atomic E-state index is -1.40. The largest absolute Gasteiger partial charge is 0.493 e. The lowest BCUT2D eigenvalue weighted by Gasteiger charge is -2.29. The fraction of sp³-hybridized carbons (Fsp3) is 0.344. The number of carbonyl (C=O) groups is 1. The summed E-state index contributed by atoms with van der Waals surface area (Å²) in [6.07, 6.45) is 1.43. The van der Waals surface area contributed by atoms with Crippen LogP contribution in [0.3, 0.4) is 0 Å². The van der Waals surface area contributed by atoms with Gasteiger partial charge in [-0.2, -0.15) is 0 Å². The predicted molar refractivity (Wildman–Crippen MR) is 153 cm³/mol. The lowest BCUT2D eigenvalue weighted by atomic mass is 9.88. The second-order valence-electron chi connectivity index (χ2n) is 11.2. The Morgan fingerprint density at radius 1 is 1.17 bits per heavy atom. The highest BCUT2D eigenvalue weighted by atomic mass is 19.1. The number of carboxylic acid groups (broad SMARTS) is 1. The molecule has 0 aliphatic carbocycles. The van der Waals surface area contributed by atoms with Crippen LogP contribution in [-0.4, -0.2) is 32.8 Å². The van der Waals surface area contributed by atoms with Crippen molar-refractivity contribution in [1.82, 2.24) is 9.55 Å². The molecule has 214 valence electrons. The summed E-state index contributed by atoms with van der Waals surface area (Å²) in [5.74, 6) is -0.388. The highest BCUT2D eigenvalue weighted by Crippen LogP contribution is 2.42. The molecule has 2 aromatic heterocycles. The molecule has 3 heterocycles. The maximum absolute atomic E-state index is 13.8.